The van der Waals surface area contributed by atoms with Gasteiger partial charge in [-0.2, -0.15) is 0 Å². The molecule has 0 saturated heterocycles. The van der Waals surface area contributed by atoms with Gasteiger partial charge in [0.1, 0.15) is 0 Å². The van der Waals surface area contributed by atoms with Crippen LogP contribution in [0.25, 0.3) is 0 Å². The van der Waals surface area contributed by atoms with Gasteiger partial charge in [0.2, 0.25) is 5.91 Å². The van der Waals surface area contributed by atoms with Crippen molar-refractivity contribution in [1.82, 2.24) is 5.32 Å². The van der Waals surface area contributed by atoms with Gasteiger partial charge < -0.3 is 5.32 Å². The van der Waals surface area contributed by atoms with Crippen molar-refractivity contribution in [2.24, 2.45) is 11.8 Å². The third-order valence-electron chi connectivity index (χ3n) is 3.52. The zero-order valence-electron chi connectivity index (χ0n) is 10.5. The summed E-state index contributed by atoms with van der Waals surface area (Å²) in [7, 11) is 0. The molecule has 0 bridgehead atoms. The molecule has 0 heterocycles. The lowest BCUT2D eigenvalue weighted by molar-refractivity contribution is -0.123. The predicted octanol–water partition coefficient (Wildman–Crippen LogP) is 3.49. The second kappa shape index (κ2) is 7.31. The lowest BCUT2D eigenvalue weighted by Gasteiger charge is -2.24. The first-order chi connectivity index (χ1) is 7.63. The van der Waals surface area contributed by atoms with E-state index in [-0.39, 0.29) is 11.9 Å². The van der Waals surface area contributed by atoms with Crippen LogP contribution in [0.1, 0.15) is 52.4 Å². The fourth-order valence-electron chi connectivity index (χ4n) is 2.30. The van der Waals surface area contributed by atoms with Crippen molar-refractivity contribution in [3.8, 4) is 0 Å². The summed E-state index contributed by atoms with van der Waals surface area (Å²) < 4.78 is 0. The van der Waals surface area contributed by atoms with Crippen LogP contribution in [0.15, 0.2) is 0 Å². The van der Waals surface area contributed by atoms with E-state index in [1.165, 1.54) is 32.1 Å². The molecule has 1 aliphatic carbocycles. The van der Waals surface area contributed by atoms with E-state index in [2.05, 4.69) is 35.1 Å². The van der Waals surface area contributed by atoms with Gasteiger partial charge in [-0.3, -0.25) is 4.79 Å². The molecule has 0 aromatic carbocycles. The SMILES string of the molecule is CC(C)C(CBr)NC(=O)CC1CCCCC1. The zero-order chi connectivity index (χ0) is 12.0. The van der Waals surface area contributed by atoms with E-state index in [4.69, 9.17) is 0 Å². The van der Waals surface area contributed by atoms with Gasteiger partial charge in [-0.1, -0.05) is 49.0 Å². The van der Waals surface area contributed by atoms with Crippen LogP contribution in [0.4, 0.5) is 0 Å². The molecule has 94 valence electrons. The fraction of sp³-hybridized carbons (Fsp3) is 0.923. The third-order valence-corrected chi connectivity index (χ3v) is 4.21. The molecule has 0 aromatic heterocycles. The quantitative estimate of drug-likeness (QED) is 0.772. The summed E-state index contributed by atoms with van der Waals surface area (Å²) in [6, 6.07) is 0.274. The van der Waals surface area contributed by atoms with Crippen molar-refractivity contribution in [3.63, 3.8) is 0 Å². The Bertz CT molecular complexity index is 212. The van der Waals surface area contributed by atoms with E-state index < -0.39 is 0 Å². The highest BCUT2D eigenvalue weighted by Gasteiger charge is 2.19. The van der Waals surface area contributed by atoms with Crippen molar-refractivity contribution in [3.05, 3.63) is 0 Å². The number of amides is 1. The maximum Gasteiger partial charge on any atom is 0.220 e. The topological polar surface area (TPSA) is 29.1 Å². The summed E-state index contributed by atoms with van der Waals surface area (Å²) in [5, 5.41) is 3.98. The first-order valence-electron chi connectivity index (χ1n) is 6.48. The number of carbonyl (C=O) groups is 1. The number of alkyl halides is 1. The molecule has 16 heavy (non-hydrogen) atoms. The molecule has 0 radical (unpaired) electrons. The maximum atomic E-state index is 11.9. The Labute approximate surface area is 108 Å². The molecule has 1 rings (SSSR count). The first kappa shape index (κ1) is 14.0. The Balaban J connectivity index is 2.28. The number of halogens is 1. The highest BCUT2D eigenvalue weighted by atomic mass is 79.9. The van der Waals surface area contributed by atoms with E-state index >= 15 is 0 Å². The van der Waals surface area contributed by atoms with E-state index in [0.29, 0.717) is 11.8 Å². The van der Waals surface area contributed by atoms with Crippen LogP contribution in [0.2, 0.25) is 0 Å². The Kier molecular flexibility index (Phi) is 6.40. The predicted molar refractivity (Wildman–Crippen MR) is 71.8 cm³/mol. The van der Waals surface area contributed by atoms with Gasteiger partial charge >= 0.3 is 0 Å². The number of hydrogen-bond acceptors (Lipinski definition) is 1. The lowest BCUT2D eigenvalue weighted by atomic mass is 9.86. The summed E-state index contributed by atoms with van der Waals surface area (Å²) in [5.41, 5.74) is 0. The summed E-state index contributed by atoms with van der Waals surface area (Å²) in [5.74, 6) is 1.37. The van der Waals surface area contributed by atoms with Crippen LogP contribution in [0.5, 0.6) is 0 Å². The van der Waals surface area contributed by atoms with Crippen molar-refractivity contribution in [1.29, 1.82) is 0 Å². The molecule has 1 N–H and O–H groups in total. The Morgan fingerprint density at radius 3 is 2.44 bits per heavy atom. The summed E-state index contributed by atoms with van der Waals surface area (Å²) in [6.45, 7) is 4.29. The van der Waals surface area contributed by atoms with Crippen LogP contribution >= 0.6 is 15.9 Å². The highest BCUT2D eigenvalue weighted by Crippen LogP contribution is 2.26. The third kappa shape index (κ3) is 4.86. The van der Waals surface area contributed by atoms with Crippen molar-refractivity contribution in [2.75, 3.05) is 5.33 Å². The average molecular weight is 290 g/mol. The smallest absolute Gasteiger partial charge is 0.220 e. The first-order valence-corrected chi connectivity index (χ1v) is 7.61. The molecule has 2 nitrogen and oxygen atoms in total. The van der Waals surface area contributed by atoms with Gasteiger partial charge in [0.05, 0.1) is 0 Å². The van der Waals surface area contributed by atoms with Crippen LogP contribution < -0.4 is 5.32 Å². The minimum absolute atomic E-state index is 0.241. The molecule has 0 spiro atoms. The van der Waals surface area contributed by atoms with E-state index in [1.807, 2.05) is 0 Å². The van der Waals surface area contributed by atoms with E-state index in [1.54, 1.807) is 0 Å². The molecule has 1 unspecified atom stereocenters. The maximum absolute atomic E-state index is 11.9. The van der Waals surface area contributed by atoms with Gasteiger partial charge in [0.25, 0.3) is 0 Å². The molecule has 0 aliphatic heterocycles. The minimum Gasteiger partial charge on any atom is -0.352 e. The number of rotatable bonds is 5. The molecule has 1 amide bonds. The normalized spacial score (nSPS) is 19.8. The summed E-state index contributed by atoms with van der Waals surface area (Å²) in [6.07, 6.45) is 7.19. The van der Waals surface area contributed by atoms with Crippen molar-refractivity contribution in [2.45, 2.75) is 58.4 Å². The molecule has 1 aliphatic rings. The van der Waals surface area contributed by atoms with Gasteiger partial charge in [-0.25, -0.2) is 0 Å². The standard InChI is InChI=1S/C13H24BrNO/c1-10(2)12(9-14)15-13(16)8-11-6-4-3-5-7-11/h10-12H,3-9H2,1-2H3,(H,15,16). The fourth-order valence-corrected chi connectivity index (χ4v) is 3.21. The Hall–Kier alpha value is -0.0500. The molecule has 1 fully saturated rings. The van der Waals surface area contributed by atoms with Gasteiger partial charge in [-0.05, 0) is 24.7 Å². The molecular formula is C13H24BrNO. The van der Waals surface area contributed by atoms with E-state index in [9.17, 15) is 4.79 Å². The van der Waals surface area contributed by atoms with Crippen LogP contribution in [-0.2, 0) is 4.79 Å². The number of hydrogen-bond donors (Lipinski definition) is 1. The van der Waals surface area contributed by atoms with Gasteiger partial charge in [0.15, 0.2) is 0 Å². The number of carbonyl (C=O) groups excluding carboxylic acids is 1. The minimum atomic E-state index is 0.241. The molecule has 1 atom stereocenters. The number of nitrogens with one attached hydrogen (secondary N) is 1. The average Bonchev–Trinajstić information content (AvgIpc) is 2.27. The molecule has 0 aromatic rings. The van der Waals surface area contributed by atoms with Gasteiger partial charge in [-0.15, -0.1) is 0 Å². The lowest BCUT2D eigenvalue weighted by Crippen LogP contribution is -2.40. The zero-order valence-corrected chi connectivity index (χ0v) is 12.1. The van der Waals surface area contributed by atoms with Crippen LogP contribution in [-0.4, -0.2) is 17.3 Å². The Morgan fingerprint density at radius 1 is 1.31 bits per heavy atom. The van der Waals surface area contributed by atoms with Crippen LogP contribution in [0.3, 0.4) is 0 Å². The van der Waals surface area contributed by atoms with Gasteiger partial charge in [0, 0.05) is 17.8 Å². The monoisotopic (exact) mass is 289 g/mol. The molecule has 3 heteroatoms. The molecular weight excluding hydrogens is 266 g/mol. The second-order valence-corrected chi connectivity index (χ2v) is 5.93. The Morgan fingerprint density at radius 2 is 1.94 bits per heavy atom. The van der Waals surface area contributed by atoms with Crippen molar-refractivity contribution < 1.29 is 4.79 Å². The summed E-state index contributed by atoms with van der Waals surface area (Å²) >= 11 is 3.46. The largest absolute Gasteiger partial charge is 0.352 e. The molecule has 1 saturated carbocycles. The summed E-state index contributed by atoms with van der Waals surface area (Å²) in [4.78, 5) is 11.9. The van der Waals surface area contributed by atoms with Crippen molar-refractivity contribution >= 4 is 21.8 Å². The highest BCUT2D eigenvalue weighted by molar-refractivity contribution is 9.09. The van der Waals surface area contributed by atoms with E-state index in [0.717, 1.165) is 11.8 Å². The van der Waals surface area contributed by atoms with Crippen LogP contribution in [0, 0.1) is 11.8 Å². The second-order valence-electron chi connectivity index (χ2n) is 5.28.